The Morgan fingerprint density at radius 1 is 1.48 bits per heavy atom. The number of aromatic amines is 1. The maximum atomic E-state index is 12.1. The molecule has 2 rings (SSSR count). The summed E-state index contributed by atoms with van der Waals surface area (Å²) in [6.07, 6.45) is 1.35. The quantitative estimate of drug-likeness (QED) is 0.901. The molecule has 2 N–H and O–H groups in total. The number of amides is 1. The molecule has 0 aromatic carbocycles. The third-order valence-electron chi connectivity index (χ3n) is 3.05. The van der Waals surface area contributed by atoms with E-state index in [0.29, 0.717) is 12.1 Å². The number of rotatable bonds is 4. The second-order valence-corrected chi connectivity index (χ2v) is 5.46. The molecule has 1 atom stereocenters. The first kappa shape index (κ1) is 15.3. The Balaban J connectivity index is 2.03. The summed E-state index contributed by atoms with van der Waals surface area (Å²) >= 11 is 5.71. The molecule has 112 valence electrons. The molecule has 6 nitrogen and oxygen atoms in total. The number of hydrogen-bond donors (Lipinski definition) is 2. The topological polar surface area (TPSA) is 79.8 Å². The predicted octanol–water partition coefficient (Wildman–Crippen LogP) is 1.66. The second kappa shape index (κ2) is 6.13. The minimum atomic E-state index is -0.413. The molecule has 2 aromatic heterocycles. The minimum absolute atomic E-state index is 0.00570. The Bertz CT molecular complexity index is 720. The van der Waals surface area contributed by atoms with Crippen LogP contribution in [0.4, 0.5) is 0 Å². The summed E-state index contributed by atoms with van der Waals surface area (Å²) in [6.45, 7) is 6.36. The lowest BCUT2D eigenvalue weighted by molar-refractivity contribution is 0.0935. The van der Waals surface area contributed by atoms with Crippen LogP contribution in [-0.4, -0.2) is 26.7 Å². The van der Waals surface area contributed by atoms with Crippen molar-refractivity contribution in [1.82, 2.24) is 20.1 Å². The number of H-pyrrole nitrogens is 1. The molecular formula is C14H17ClN4O2. The lowest BCUT2D eigenvalue weighted by Crippen LogP contribution is -2.36. The summed E-state index contributed by atoms with van der Waals surface area (Å²) in [4.78, 5) is 25.7. The number of nitrogens with one attached hydrogen (secondary N) is 2. The average Bonchev–Trinajstić information content (AvgIpc) is 2.70. The van der Waals surface area contributed by atoms with E-state index in [1.165, 1.54) is 12.3 Å². The molecule has 0 saturated heterocycles. The summed E-state index contributed by atoms with van der Waals surface area (Å²) in [5.41, 5.74) is 1.89. The summed E-state index contributed by atoms with van der Waals surface area (Å²) < 4.78 is 1.85. The van der Waals surface area contributed by atoms with Crippen molar-refractivity contribution < 1.29 is 4.79 Å². The van der Waals surface area contributed by atoms with Gasteiger partial charge in [0.05, 0.1) is 17.8 Å². The second-order valence-electron chi connectivity index (χ2n) is 5.05. The van der Waals surface area contributed by atoms with Gasteiger partial charge in [0.25, 0.3) is 11.5 Å². The number of hydrogen-bond acceptors (Lipinski definition) is 3. The van der Waals surface area contributed by atoms with Crippen molar-refractivity contribution in [2.24, 2.45) is 0 Å². The van der Waals surface area contributed by atoms with Gasteiger partial charge in [-0.1, -0.05) is 11.6 Å². The molecule has 2 aromatic rings. The molecule has 21 heavy (non-hydrogen) atoms. The molecule has 2 heterocycles. The molecular weight excluding hydrogens is 292 g/mol. The molecule has 1 amide bonds. The standard InChI is InChI=1S/C14H17ClN4O2/c1-8-4-10(3)19(18-8)7-9(2)17-13(20)11-5-12(15)14(21)16-6-11/h4-6,9H,7H2,1-3H3,(H,16,21)(H,17,20)/t9-/m1/s1. The fourth-order valence-corrected chi connectivity index (χ4v) is 2.23. The van der Waals surface area contributed by atoms with Gasteiger partial charge in [0.1, 0.15) is 5.02 Å². The Labute approximate surface area is 127 Å². The van der Waals surface area contributed by atoms with E-state index in [0.717, 1.165) is 11.4 Å². The van der Waals surface area contributed by atoms with Gasteiger partial charge < -0.3 is 10.3 Å². The van der Waals surface area contributed by atoms with E-state index < -0.39 is 5.56 Å². The van der Waals surface area contributed by atoms with Gasteiger partial charge in [-0.15, -0.1) is 0 Å². The third kappa shape index (κ3) is 3.72. The van der Waals surface area contributed by atoms with Crippen LogP contribution in [0.15, 0.2) is 23.1 Å². The van der Waals surface area contributed by atoms with Crippen LogP contribution in [-0.2, 0) is 6.54 Å². The fraction of sp³-hybridized carbons (Fsp3) is 0.357. The van der Waals surface area contributed by atoms with Gasteiger partial charge in [-0.3, -0.25) is 14.3 Å². The van der Waals surface area contributed by atoms with Crippen LogP contribution in [0.5, 0.6) is 0 Å². The first-order valence-electron chi connectivity index (χ1n) is 6.57. The fourth-order valence-electron chi connectivity index (χ4n) is 2.06. The van der Waals surface area contributed by atoms with Crippen LogP contribution in [0.2, 0.25) is 5.02 Å². The maximum absolute atomic E-state index is 12.1. The average molecular weight is 309 g/mol. The maximum Gasteiger partial charge on any atom is 0.266 e. The molecule has 0 fully saturated rings. The van der Waals surface area contributed by atoms with Crippen LogP contribution >= 0.6 is 11.6 Å². The zero-order valence-electron chi connectivity index (χ0n) is 12.1. The Hall–Kier alpha value is -2.08. The minimum Gasteiger partial charge on any atom is -0.348 e. The van der Waals surface area contributed by atoms with Crippen LogP contribution in [0.3, 0.4) is 0 Å². The first-order valence-corrected chi connectivity index (χ1v) is 6.94. The normalized spacial score (nSPS) is 12.2. The molecule has 0 aliphatic carbocycles. The van der Waals surface area contributed by atoms with Crippen LogP contribution in [0.25, 0.3) is 0 Å². The van der Waals surface area contributed by atoms with Crippen molar-refractivity contribution in [3.8, 4) is 0 Å². The van der Waals surface area contributed by atoms with E-state index in [4.69, 9.17) is 11.6 Å². The van der Waals surface area contributed by atoms with Crippen molar-refractivity contribution in [1.29, 1.82) is 0 Å². The number of carbonyl (C=O) groups excluding carboxylic acids is 1. The van der Waals surface area contributed by atoms with E-state index >= 15 is 0 Å². The van der Waals surface area contributed by atoms with Crippen LogP contribution in [0, 0.1) is 13.8 Å². The number of nitrogens with zero attached hydrogens (tertiary/aromatic N) is 2. The Morgan fingerprint density at radius 2 is 2.19 bits per heavy atom. The molecule has 0 saturated carbocycles. The molecule has 0 bridgehead atoms. The highest BCUT2D eigenvalue weighted by Crippen LogP contribution is 2.06. The van der Waals surface area contributed by atoms with E-state index in [1.807, 2.05) is 31.5 Å². The molecule has 0 spiro atoms. The number of pyridine rings is 1. The smallest absolute Gasteiger partial charge is 0.266 e. The van der Waals surface area contributed by atoms with Crippen LogP contribution < -0.4 is 10.9 Å². The van der Waals surface area contributed by atoms with E-state index in [2.05, 4.69) is 15.4 Å². The first-order chi connectivity index (χ1) is 9.86. The highest BCUT2D eigenvalue weighted by molar-refractivity contribution is 6.30. The zero-order chi connectivity index (χ0) is 15.6. The summed E-state index contributed by atoms with van der Waals surface area (Å²) in [6, 6.07) is 3.23. The van der Waals surface area contributed by atoms with Crippen molar-refractivity contribution in [2.75, 3.05) is 0 Å². The third-order valence-corrected chi connectivity index (χ3v) is 3.33. The number of halogens is 1. The van der Waals surface area contributed by atoms with Gasteiger partial charge in [0.2, 0.25) is 0 Å². The van der Waals surface area contributed by atoms with Gasteiger partial charge in [-0.05, 0) is 32.9 Å². The molecule has 0 radical (unpaired) electrons. The van der Waals surface area contributed by atoms with Crippen molar-refractivity contribution >= 4 is 17.5 Å². The molecule has 0 unspecified atom stereocenters. The Morgan fingerprint density at radius 3 is 2.76 bits per heavy atom. The molecule has 7 heteroatoms. The van der Waals surface area contributed by atoms with Gasteiger partial charge in [0.15, 0.2) is 0 Å². The van der Waals surface area contributed by atoms with E-state index in [-0.39, 0.29) is 17.0 Å². The van der Waals surface area contributed by atoms with Crippen molar-refractivity contribution in [3.63, 3.8) is 0 Å². The largest absolute Gasteiger partial charge is 0.348 e. The highest BCUT2D eigenvalue weighted by Gasteiger charge is 2.13. The predicted molar refractivity (Wildman–Crippen MR) is 80.7 cm³/mol. The number of carbonyl (C=O) groups is 1. The van der Waals surface area contributed by atoms with Gasteiger partial charge in [0, 0.05) is 17.9 Å². The van der Waals surface area contributed by atoms with Gasteiger partial charge in [-0.25, -0.2) is 0 Å². The van der Waals surface area contributed by atoms with Crippen molar-refractivity contribution in [2.45, 2.75) is 33.4 Å². The summed E-state index contributed by atoms with van der Waals surface area (Å²) in [7, 11) is 0. The lowest BCUT2D eigenvalue weighted by Gasteiger charge is -2.15. The monoisotopic (exact) mass is 308 g/mol. The highest BCUT2D eigenvalue weighted by atomic mass is 35.5. The SMILES string of the molecule is Cc1cc(C)n(C[C@@H](C)NC(=O)c2c[nH]c(=O)c(Cl)c2)n1. The Kier molecular flexibility index (Phi) is 4.47. The lowest BCUT2D eigenvalue weighted by atomic mass is 10.2. The molecule has 0 aliphatic rings. The van der Waals surface area contributed by atoms with Crippen LogP contribution in [0.1, 0.15) is 28.7 Å². The van der Waals surface area contributed by atoms with Gasteiger partial charge >= 0.3 is 0 Å². The van der Waals surface area contributed by atoms with Gasteiger partial charge in [-0.2, -0.15) is 5.10 Å². The zero-order valence-corrected chi connectivity index (χ0v) is 12.9. The summed E-state index contributed by atoms with van der Waals surface area (Å²) in [5, 5.41) is 7.19. The summed E-state index contributed by atoms with van der Waals surface area (Å²) in [5.74, 6) is -0.290. The van der Waals surface area contributed by atoms with E-state index in [1.54, 1.807) is 0 Å². The number of aromatic nitrogens is 3. The number of aryl methyl sites for hydroxylation is 2. The molecule has 0 aliphatic heterocycles. The van der Waals surface area contributed by atoms with Crippen molar-refractivity contribution in [3.05, 3.63) is 50.7 Å². The van der Waals surface area contributed by atoms with E-state index in [9.17, 15) is 9.59 Å².